The van der Waals surface area contributed by atoms with Gasteiger partial charge in [0.05, 0.1) is 15.4 Å². The molecule has 1 aromatic rings. The summed E-state index contributed by atoms with van der Waals surface area (Å²) in [6.45, 7) is 0.685. The molecule has 5 nitrogen and oxygen atoms in total. The minimum atomic E-state index is -3.25. The van der Waals surface area contributed by atoms with Crippen molar-refractivity contribution in [2.45, 2.75) is 48.6 Å². The summed E-state index contributed by atoms with van der Waals surface area (Å²) in [5.74, 6) is -0.184. The van der Waals surface area contributed by atoms with Gasteiger partial charge in [0.25, 0.3) is 5.91 Å². The zero-order valence-electron chi connectivity index (χ0n) is 11.9. The molecule has 1 N–H and O–H groups in total. The largest absolute Gasteiger partial charge is 0.375 e. The standard InChI is InChI=1S/C14H19NO4S2/c1-21(17,18)11-7-12(20-9-11)13(16)15-10-3-6-19-14(8-10)4-2-5-14/h7,9-10H,2-6,8H2,1H3,(H,15,16). The van der Waals surface area contributed by atoms with Gasteiger partial charge in [0, 0.05) is 24.3 Å². The van der Waals surface area contributed by atoms with E-state index in [0.29, 0.717) is 11.5 Å². The van der Waals surface area contributed by atoms with Crippen molar-refractivity contribution in [1.82, 2.24) is 5.32 Å². The lowest BCUT2D eigenvalue weighted by molar-refractivity contribution is -0.134. The zero-order chi connectivity index (χ0) is 15.1. The molecular weight excluding hydrogens is 310 g/mol. The fraction of sp³-hybridized carbons (Fsp3) is 0.643. The van der Waals surface area contributed by atoms with E-state index in [1.54, 1.807) is 0 Å². The highest BCUT2D eigenvalue weighted by molar-refractivity contribution is 7.90. The number of amides is 1. The van der Waals surface area contributed by atoms with E-state index < -0.39 is 9.84 Å². The van der Waals surface area contributed by atoms with Crippen molar-refractivity contribution in [2.75, 3.05) is 12.9 Å². The Kier molecular flexibility index (Phi) is 3.83. The Balaban J connectivity index is 1.65. The number of carbonyl (C=O) groups excluding carboxylic acids is 1. The molecule has 0 radical (unpaired) electrons. The Morgan fingerprint density at radius 1 is 1.48 bits per heavy atom. The highest BCUT2D eigenvalue weighted by Gasteiger charge is 2.42. The second-order valence-corrected chi connectivity index (χ2v) is 8.89. The molecule has 3 rings (SSSR count). The average molecular weight is 329 g/mol. The van der Waals surface area contributed by atoms with E-state index in [1.807, 2.05) is 0 Å². The van der Waals surface area contributed by atoms with Crippen molar-refractivity contribution in [1.29, 1.82) is 0 Å². The van der Waals surface area contributed by atoms with Gasteiger partial charge in [0.2, 0.25) is 0 Å². The van der Waals surface area contributed by atoms with Gasteiger partial charge in [-0.3, -0.25) is 4.79 Å². The molecule has 1 saturated carbocycles. The number of hydrogen-bond acceptors (Lipinski definition) is 5. The number of thiophene rings is 1. The van der Waals surface area contributed by atoms with Gasteiger partial charge in [-0.1, -0.05) is 0 Å². The summed E-state index contributed by atoms with van der Waals surface area (Å²) in [5.41, 5.74) is -0.0104. The first kappa shape index (κ1) is 15.0. The molecule has 1 unspecified atom stereocenters. The molecule has 116 valence electrons. The summed E-state index contributed by atoms with van der Waals surface area (Å²) < 4.78 is 28.7. The van der Waals surface area contributed by atoms with E-state index in [2.05, 4.69) is 5.32 Å². The molecule has 1 atom stereocenters. The molecule has 2 aliphatic rings. The second-order valence-electron chi connectivity index (χ2n) is 5.97. The van der Waals surface area contributed by atoms with Crippen molar-refractivity contribution in [2.24, 2.45) is 0 Å². The van der Waals surface area contributed by atoms with Crippen molar-refractivity contribution in [3.05, 3.63) is 16.3 Å². The Morgan fingerprint density at radius 2 is 2.24 bits per heavy atom. The van der Waals surface area contributed by atoms with Crippen LogP contribution < -0.4 is 5.32 Å². The maximum atomic E-state index is 12.2. The Bertz CT molecular complexity index is 646. The van der Waals surface area contributed by atoms with Crippen molar-refractivity contribution in [3.8, 4) is 0 Å². The molecule has 7 heteroatoms. The van der Waals surface area contributed by atoms with Gasteiger partial charge in [-0.25, -0.2) is 8.42 Å². The van der Waals surface area contributed by atoms with Crippen LogP contribution in [0.25, 0.3) is 0 Å². The van der Waals surface area contributed by atoms with E-state index >= 15 is 0 Å². The van der Waals surface area contributed by atoms with Gasteiger partial charge in [0.1, 0.15) is 0 Å². The van der Waals surface area contributed by atoms with Crippen molar-refractivity contribution < 1.29 is 17.9 Å². The highest BCUT2D eigenvalue weighted by atomic mass is 32.2. The number of hydrogen-bond donors (Lipinski definition) is 1. The van der Waals surface area contributed by atoms with Gasteiger partial charge in [-0.15, -0.1) is 11.3 Å². The molecule has 1 saturated heterocycles. The molecule has 1 amide bonds. The van der Waals surface area contributed by atoms with E-state index in [0.717, 1.165) is 31.9 Å². The first-order valence-electron chi connectivity index (χ1n) is 7.11. The molecular formula is C14H19NO4S2. The third-order valence-electron chi connectivity index (χ3n) is 4.32. The molecule has 1 aliphatic heterocycles. The Labute approximate surface area is 128 Å². The fourth-order valence-corrected chi connectivity index (χ4v) is 4.88. The Hall–Kier alpha value is -0.920. The summed E-state index contributed by atoms with van der Waals surface area (Å²) >= 11 is 1.17. The second kappa shape index (κ2) is 5.37. The van der Waals surface area contributed by atoms with Crippen LogP contribution in [0.15, 0.2) is 16.3 Å². The first-order chi connectivity index (χ1) is 9.88. The van der Waals surface area contributed by atoms with Crippen LogP contribution in [0.5, 0.6) is 0 Å². The molecule has 1 spiro atoms. The van der Waals surface area contributed by atoms with Crippen LogP contribution in [0, 0.1) is 0 Å². The minimum absolute atomic E-state index is 0.0104. The summed E-state index contributed by atoms with van der Waals surface area (Å²) in [5, 5.41) is 4.54. The molecule has 0 bridgehead atoms. The van der Waals surface area contributed by atoms with E-state index in [1.165, 1.54) is 29.2 Å². The summed E-state index contributed by atoms with van der Waals surface area (Å²) in [4.78, 5) is 12.9. The lowest BCUT2D eigenvalue weighted by Gasteiger charge is -2.47. The SMILES string of the molecule is CS(=O)(=O)c1csc(C(=O)NC2CCOC3(CCC3)C2)c1. The van der Waals surface area contributed by atoms with Crippen LogP contribution in [-0.4, -0.2) is 38.8 Å². The molecule has 2 heterocycles. The van der Waals surface area contributed by atoms with Crippen molar-refractivity contribution >= 4 is 27.1 Å². The quantitative estimate of drug-likeness (QED) is 0.920. The number of ether oxygens (including phenoxy) is 1. The predicted octanol–water partition coefficient (Wildman–Crippen LogP) is 1.98. The van der Waals surface area contributed by atoms with E-state index in [9.17, 15) is 13.2 Å². The van der Waals surface area contributed by atoms with Gasteiger partial charge >= 0.3 is 0 Å². The molecule has 21 heavy (non-hydrogen) atoms. The normalized spacial score (nSPS) is 24.5. The third-order valence-corrected chi connectivity index (χ3v) is 6.49. The van der Waals surface area contributed by atoms with Crippen LogP contribution in [0.1, 0.15) is 41.8 Å². The van der Waals surface area contributed by atoms with Gasteiger partial charge in [0.15, 0.2) is 9.84 Å². The lowest BCUT2D eigenvalue weighted by atomic mass is 9.74. The first-order valence-corrected chi connectivity index (χ1v) is 9.89. The molecule has 1 aromatic heterocycles. The number of carbonyl (C=O) groups is 1. The summed E-state index contributed by atoms with van der Waals surface area (Å²) in [6.07, 6.45) is 6.19. The van der Waals surface area contributed by atoms with Crippen LogP contribution in [0.4, 0.5) is 0 Å². The van der Waals surface area contributed by atoms with Gasteiger partial charge in [-0.05, 0) is 38.2 Å². The smallest absolute Gasteiger partial charge is 0.261 e. The Morgan fingerprint density at radius 3 is 2.81 bits per heavy atom. The molecule has 1 aliphatic carbocycles. The third kappa shape index (κ3) is 3.14. The zero-order valence-corrected chi connectivity index (χ0v) is 13.6. The number of nitrogens with one attached hydrogen (secondary N) is 1. The van der Waals surface area contributed by atoms with Crippen LogP contribution in [0.3, 0.4) is 0 Å². The van der Waals surface area contributed by atoms with Crippen LogP contribution >= 0.6 is 11.3 Å². The van der Waals surface area contributed by atoms with Crippen LogP contribution in [-0.2, 0) is 14.6 Å². The molecule has 2 fully saturated rings. The number of sulfone groups is 1. The highest BCUT2D eigenvalue weighted by Crippen LogP contribution is 2.42. The monoisotopic (exact) mass is 329 g/mol. The topological polar surface area (TPSA) is 72.5 Å². The lowest BCUT2D eigenvalue weighted by Crippen LogP contribution is -2.51. The number of rotatable bonds is 3. The summed E-state index contributed by atoms with van der Waals surface area (Å²) in [6, 6.07) is 1.57. The van der Waals surface area contributed by atoms with Gasteiger partial charge < -0.3 is 10.1 Å². The predicted molar refractivity (Wildman–Crippen MR) is 80.5 cm³/mol. The van der Waals surface area contributed by atoms with Gasteiger partial charge in [-0.2, -0.15) is 0 Å². The maximum Gasteiger partial charge on any atom is 0.261 e. The minimum Gasteiger partial charge on any atom is -0.375 e. The van der Waals surface area contributed by atoms with E-state index in [4.69, 9.17) is 4.74 Å². The average Bonchev–Trinajstić information content (AvgIpc) is 2.86. The maximum absolute atomic E-state index is 12.2. The van der Waals surface area contributed by atoms with E-state index in [-0.39, 0.29) is 22.4 Å². The van der Waals surface area contributed by atoms with Crippen LogP contribution in [0.2, 0.25) is 0 Å². The van der Waals surface area contributed by atoms with Crippen molar-refractivity contribution in [3.63, 3.8) is 0 Å². The fourth-order valence-electron chi connectivity index (χ4n) is 2.96. The summed E-state index contributed by atoms with van der Waals surface area (Å²) in [7, 11) is -3.25. The molecule has 0 aromatic carbocycles.